The van der Waals surface area contributed by atoms with Crippen LogP contribution in [0.1, 0.15) is 0 Å². The molecular weight excluding hydrogens is 226 g/mol. The molecule has 0 radical (unpaired) electrons. The number of rotatable bonds is 1. The van der Waals surface area contributed by atoms with Gasteiger partial charge in [-0.3, -0.25) is 9.82 Å². The molecule has 0 rings (SSSR count). The molecule has 0 bridgehead atoms. The van der Waals surface area contributed by atoms with Gasteiger partial charge in [0.25, 0.3) is 0 Å². The minimum absolute atomic E-state index is 0. The molecule has 82 valence electrons. The van der Waals surface area contributed by atoms with Gasteiger partial charge in [-0.25, -0.2) is 0 Å². The summed E-state index contributed by atoms with van der Waals surface area (Å²) in [5, 5.41) is 0. The Morgan fingerprint density at radius 2 is 0.625 bits per heavy atom. The van der Waals surface area contributed by atoms with Crippen LogP contribution in [0.25, 0.3) is 31.9 Å². The first-order chi connectivity index (χ1) is 6.08. The Morgan fingerprint density at radius 3 is 0.625 bits per heavy atom. The molecule has 0 aromatic rings. The van der Waals surface area contributed by atoms with Crippen molar-refractivity contribution >= 4 is 15.2 Å². The van der Waals surface area contributed by atoms with E-state index in [9.17, 15) is 0 Å². The van der Waals surface area contributed by atoms with Crippen LogP contribution in [0.5, 0.6) is 0 Å². The first kappa shape index (κ1) is 29.9. The third-order valence-corrected chi connectivity index (χ3v) is 20.2. The topological polar surface area (TPSA) is 117 Å². The van der Waals surface area contributed by atoms with E-state index in [0.29, 0.717) is 0 Å². The van der Waals surface area contributed by atoms with Crippen LogP contribution < -0.4 is 37.7 Å². The SMILES string of the molecule is C[Si](C)(C)[Si](C)(C)C.[Li+].[Li+].[N-]=[N+]=[N-].[N-]=[N+]=[N-]. The van der Waals surface area contributed by atoms with Crippen LogP contribution in [0.4, 0.5) is 0 Å². The van der Waals surface area contributed by atoms with E-state index in [2.05, 4.69) is 39.3 Å². The second-order valence-electron chi connectivity index (χ2n) is 4.68. The van der Waals surface area contributed by atoms with Gasteiger partial charge in [-0.15, -0.1) is 0 Å². The van der Waals surface area contributed by atoms with E-state index in [4.69, 9.17) is 22.1 Å². The van der Waals surface area contributed by atoms with Gasteiger partial charge in [0, 0.05) is 15.2 Å². The molecule has 0 saturated carbocycles. The predicted molar refractivity (Wildman–Crippen MR) is 66.8 cm³/mol. The van der Waals surface area contributed by atoms with Gasteiger partial charge < -0.3 is 22.1 Å². The van der Waals surface area contributed by atoms with Crippen molar-refractivity contribution in [1.29, 1.82) is 0 Å². The first-order valence-corrected chi connectivity index (χ1v) is 12.0. The fourth-order valence-electron chi connectivity index (χ4n) is 0. The van der Waals surface area contributed by atoms with E-state index in [0.717, 1.165) is 0 Å². The van der Waals surface area contributed by atoms with Crippen molar-refractivity contribution in [1.82, 2.24) is 0 Å². The molecule has 6 nitrogen and oxygen atoms in total. The van der Waals surface area contributed by atoms with Crippen molar-refractivity contribution in [3.8, 4) is 0 Å². The molecule has 0 aliphatic heterocycles. The molecule has 0 fully saturated rings. The van der Waals surface area contributed by atoms with Crippen molar-refractivity contribution in [3.05, 3.63) is 31.9 Å². The second kappa shape index (κ2) is 15.2. The van der Waals surface area contributed by atoms with Gasteiger partial charge in [-0.05, 0) is 0 Å². The van der Waals surface area contributed by atoms with Crippen LogP contribution >= 0.6 is 0 Å². The second-order valence-corrected chi connectivity index (χ2v) is 22.7. The summed E-state index contributed by atoms with van der Waals surface area (Å²) in [6, 6.07) is 0. The van der Waals surface area contributed by atoms with Crippen molar-refractivity contribution < 1.29 is 37.7 Å². The Kier molecular flexibility index (Phi) is 28.5. The maximum atomic E-state index is 6.75. The Labute approximate surface area is 124 Å². The van der Waals surface area contributed by atoms with Crippen LogP contribution in [0.3, 0.4) is 0 Å². The van der Waals surface area contributed by atoms with Crippen molar-refractivity contribution in [2.75, 3.05) is 0 Å². The van der Waals surface area contributed by atoms with Gasteiger partial charge in [-0.1, -0.05) is 39.3 Å². The minimum atomic E-state index is -0.720. The molecule has 0 atom stereocenters. The largest absolute Gasteiger partial charge is 1.00 e. The predicted octanol–water partition coefficient (Wildman–Crippen LogP) is -1.52. The van der Waals surface area contributed by atoms with Crippen LogP contribution in [0, 0.1) is 0 Å². The number of hydrogen-bond donors (Lipinski definition) is 0. The summed E-state index contributed by atoms with van der Waals surface area (Å²) in [6.45, 7) is 14.8. The number of hydrogen-bond acceptors (Lipinski definition) is 0. The van der Waals surface area contributed by atoms with Gasteiger partial charge in [0.15, 0.2) is 0 Å². The molecule has 0 aliphatic rings. The van der Waals surface area contributed by atoms with Crippen LogP contribution in [-0.4, -0.2) is 15.2 Å². The Balaban J connectivity index is -0.0000000434. The summed E-state index contributed by atoms with van der Waals surface area (Å²) in [6.07, 6.45) is 0. The molecule has 10 heteroatoms. The van der Waals surface area contributed by atoms with E-state index < -0.39 is 15.2 Å². The van der Waals surface area contributed by atoms with Gasteiger partial charge in [0.05, 0.1) is 0 Å². The smallest absolute Gasteiger partial charge is 0.373 e. The molecular formula is C6H18Li2N6Si2. The maximum Gasteiger partial charge on any atom is 1.00 e. The van der Waals surface area contributed by atoms with E-state index in [1.165, 1.54) is 9.82 Å². The third kappa shape index (κ3) is 29.2. The van der Waals surface area contributed by atoms with Crippen molar-refractivity contribution in [2.24, 2.45) is 0 Å². The molecule has 0 aliphatic carbocycles. The zero-order valence-corrected chi connectivity index (χ0v) is 13.7. The normalized spacial score (nSPS) is 8.12. The van der Waals surface area contributed by atoms with E-state index >= 15 is 0 Å². The summed E-state index contributed by atoms with van der Waals surface area (Å²) in [5.74, 6) is 0. The van der Waals surface area contributed by atoms with Gasteiger partial charge >= 0.3 is 37.7 Å². The van der Waals surface area contributed by atoms with Gasteiger partial charge in [0.2, 0.25) is 0 Å². The summed E-state index contributed by atoms with van der Waals surface area (Å²) in [7, 11) is -1.44. The molecule has 0 N–H and O–H groups in total. The maximum absolute atomic E-state index is 6.75. The fraction of sp³-hybridized carbons (Fsp3) is 1.00. The summed E-state index contributed by atoms with van der Waals surface area (Å²) >= 11 is 0. The standard InChI is InChI=1S/C6H18Si2.2Li.2N3/c1-7(2,3)8(4,5)6;;;2*1-3-2/h1-6H3;;;;/q;2*+1;2*-1. The van der Waals surface area contributed by atoms with E-state index in [1.54, 1.807) is 0 Å². The monoisotopic (exact) mass is 244 g/mol. The van der Waals surface area contributed by atoms with Gasteiger partial charge in [-0.2, -0.15) is 0 Å². The van der Waals surface area contributed by atoms with Gasteiger partial charge in [0.1, 0.15) is 0 Å². The quantitative estimate of drug-likeness (QED) is 0.230. The fourth-order valence-corrected chi connectivity index (χ4v) is 0. The Hall–Kier alpha value is 0.249. The zero-order chi connectivity index (χ0) is 12.4. The molecule has 0 aromatic carbocycles. The van der Waals surface area contributed by atoms with Crippen LogP contribution in [0.15, 0.2) is 0 Å². The first-order valence-electron chi connectivity index (χ1n) is 4.05. The average Bonchev–Trinajstić information content (AvgIpc) is 1.85. The molecule has 0 spiro atoms. The Morgan fingerprint density at radius 1 is 0.562 bits per heavy atom. The van der Waals surface area contributed by atoms with Crippen molar-refractivity contribution in [3.63, 3.8) is 0 Å². The average molecular weight is 244 g/mol. The molecule has 0 amide bonds. The molecule has 16 heavy (non-hydrogen) atoms. The number of nitrogens with zero attached hydrogens (tertiary/aromatic N) is 6. The zero-order valence-electron chi connectivity index (χ0n) is 11.7. The molecule has 0 heterocycles. The Bertz CT molecular complexity index is 186. The third-order valence-electron chi connectivity index (χ3n) is 2.25. The molecule has 0 aromatic heterocycles. The summed E-state index contributed by atoms with van der Waals surface area (Å²) < 4.78 is 0. The van der Waals surface area contributed by atoms with E-state index in [-0.39, 0.29) is 37.7 Å². The molecule has 0 unspecified atom stereocenters. The minimum Gasteiger partial charge on any atom is -0.373 e. The van der Waals surface area contributed by atoms with Crippen molar-refractivity contribution in [2.45, 2.75) is 39.3 Å². The summed E-state index contributed by atoms with van der Waals surface area (Å²) in [5.41, 5.74) is 27.0. The molecule has 0 saturated heterocycles. The van der Waals surface area contributed by atoms with E-state index in [1.807, 2.05) is 0 Å². The van der Waals surface area contributed by atoms with Crippen LogP contribution in [-0.2, 0) is 0 Å². The van der Waals surface area contributed by atoms with Crippen LogP contribution in [0.2, 0.25) is 39.3 Å². The summed E-state index contributed by atoms with van der Waals surface area (Å²) in [4.78, 5) is 3.00.